The fourth-order valence-electron chi connectivity index (χ4n) is 1.00. The first-order valence-corrected chi connectivity index (χ1v) is 4.96. The standard InChI is InChI=1S/C10H9F3OS/c11-10(12,13)15-9-5-1-3-8(7-9)4-2-6-14/h1-5,7,14H,6H2. The summed E-state index contributed by atoms with van der Waals surface area (Å²) in [5.74, 6) is 0. The molecular weight excluding hydrogens is 225 g/mol. The van der Waals surface area contributed by atoms with Crippen molar-refractivity contribution in [3.8, 4) is 0 Å². The molecule has 5 heteroatoms. The lowest BCUT2D eigenvalue weighted by Crippen LogP contribution is -1.98. The number of aliphatic hydroxyl groups is 1. The Bertz CT molecular complexity index is 347. The SMILES string of the molecule is OCC=Cc1cccc(SC(F)(F)F)c1. The number of thioether (sulfide) groups is 1. The third kappa shape index (κ3) is 4.90. The second-order valence-corrected chi connectivity index (χ2v) is 3.84. The van der Waals surface area contributed by atoms with Crippen molar-refractivity contribution >= 4 is 17.8 Å². The fourth-order valence-corrected chi connectivity index (χ4v) is 1.61. The van der Waals surface area contributed by atoms with Gasteiger partial charge in [0.2, 0.25) is 0 Å². The van der Waals surface area contributed by atoms with Gasteiger partial charge < -0.3 is 5.11 Å². The maximum Gasteiger partial charge on any atom is 0.446 e. The van der Waals surface area contributed by atoms with Gasteiger partial charge in [0.05, 0.1) is 6.61 Å². The Morgan fingerprint density at radius 1 is 1.33 bits per heavy atom. The van der Waals surface area contributed by atoms with E-state index in [4.69, 9.17) is 5.11 Å². The van der Waals surface area contributed by atoms with E-state index in [0.717, 1.165) is 0 Å². The van der Waals surface area contributed by atoms with Crippen LogP contribution in [0.2, 0.25) is 0 Å². The molecule has 0 fully saturated rings. The van der Waals surface area contributed by atoms with Crippen LogP contribution in [-0.4, -0.2) is 17.2 Å². The molecule has 0 atom stereocenters. The second-order valence-electron chi connectivity index (χ2n) is 2.71. The smallest absolute Gasteiger partial charge is 0.392 e. The van der Waals surface area contributed by atoms with Gasteiger partial charge in [0.1, 0.15) is 0 Å². The van der Waals surface area contributed by atoms with Gasteiger partial charge in [0.15, 0.2) is 0 Å². The summed E-state index contributed by atoms with van der Waals surface area (Å²) >= 11 is -0.148. The van der Waals surface area contributed by atoms with Gasteiger partial charge in [0, 0.05) is 4.90 Å². The summed E-state index contributed by atoms with van der Waals surface area (Å²) in [6.45, 7) is -0.128. The molecule has 1 N–H and O–H groups in total. The molecule has 0 aliphatic heterocycles. The lowest BCUT2D eigenvalue weighted by Gasteiger charge is -2.05. The number of benzene rings is 1. The Morgan fingerprint density at radius 2 is 2.07 bits per heavy atom. The van der Waals surface area contributed by atoms with Gasteiger partial charge in [0.25, 0.3) is 0 Å². The summed E-state index contributed by atoms with van der Waals surface area (Å²) in [6, 6.07) is 6.04. The van der Waals surface area contributed by atoms with E-state index in [9.17, 15) is 13.2 Å². The highest BCUT2D eigenvalue weighted by atomic mass is 32.2. The number of aliphatic hydroxyl groups excluding tert-OH is 1. The predicted molar refractivity (Wildman–Crippen MR) is 54.5 cm³/mol. The minimum Gasteiger partial charge on any atom is -0.392 e. The van der Waals surface area contributed by atoms with Crippen LogP contribution in [0.5, 0.6) is 0 Å². The molecular formula is C10H9F3OS. The highest BCUT2D eigenvalue weighted by Crippen LogP contribution is 2.36. The van der Waals surface area contributed by atoms with E-state index in [-0.39, 0.29) is 23.3 Å². The highest BCUT2D eigenvalue weighted by molar-refractivity contribution is 8.00. The number of hydrogen-bond acceptors (Lipinski definition) is 2. The lowest BCUT2D eigenvalue weighted by atomic mass is 10.2. The number of alkyl halides is 3. The Morgan fingerprint density at radius 3 is 2.67 bits per heavy atom. The van der Waals surface area contributed by atoms with Gasteiger partial charge >= 0.3 is 5.51 Å². The first-order valence-electron chi connectivity index (χ1n) is 4.14. The van der Waals surface area contributed by atoms with Crippen molar-refractivity contribution in [2.24, 2.45) is 0 Å². The quantitative estimate of drug-likeness (QED) is 0.810. The Labute approximate surface area is 89.6 Å². The predicted octanol–water partition coefficient (Wildman–Crippen LogP) is 3.30. The monoisotopic (exact) mass is 234 g/mol. The summed E-state index contributed by atoms with van der Waals surface area (Å²) < 4.78 is 36.1. The highest BCUT2D eigenvalue weighted by Gasteiger charge is 2.28. The summed E-state index contributed by atoms with van der Waals surface area (Å²) in [7, 11) is 0. The molecule has 0 saturated heterocycles. The van der Waals surface area contributed by atoms with Crippen LogP contribution in [0.25, 0.3) is 6.08 Å². The van der Waals surface area contributed by atoms with Crippen molar-refractivity contribution in [3.05, 3.63) is 35.9 Å². The number of rotatable bonds is 3. The summed E-state index contributed by atoms with van der Waals surface area (Å²) in [5, 5.41) is 8.51. The van der Waals surface area contributed by atoms with Gasteiger partial charge in [-0.05, 0) is 29.5 Å². The maximum atomic E-state index is 12.0. The zero-order chi connectivity index (χ0) is 11.3. The Kier molecular flexibility index (Phi) is 4.23. The summed E-state index contributed by atoms with van der Waals surface area (Å²) in [6.07, 6.45) is 3.04. The van der Waals surface area contributed by atoms with E-state index in [2.05, 4.69) is 0 Å². The summed E-state index contributed by atoms with van der Waals surface area (Å²) in [4.78, 5) is 0.141. The molecule has 0 unspecified atom stereocenters. The third-order valence-corrected chi connectivity index (χ3v) is 2.23. The van der Waals surface area contributed by atoms with E-state index >= 15 is 0 Å². The van der Waals surface area contributed by atoms with Crippen LogP contribution in [-0.2, 0) is 0 Å². The molecule has 0 amide bonds. The second kappa shape index (κ2) is 5.23. The molecule has 1 aromatic rings. The molecule has 0 radical (unpaired) electrons. The fraction of sp³-hybridized carbons (Fsp3) is 0.200. The van der Waals surface area contributed by atoms with Gasteiger partial charge in [-0.3, -0.25) is 0 Å². The number of halogens is 3. The van der Waals surface area contributed by atoms with Gasteiger partial charge in [-0.25, -0.2) is 0 Å². The molecule has 0 aromatic heterocycles. The van der Waals surface area contributed by atoms with Crippen molar-refractivity contribution in [2.75, 3.05) is 6.61 Å². The lowest BCUT2D eigenvalue weighted by molar-refractivity contribution is -0.0328. The van der Waals surface area contributed by atoms with Gasteiger partial charge in [-0.15, -0.1) is 0 Å². The van der Waals surface area contributed by atoms with Crippen LogP contribution in [0.15, 0.2) is 35.2 Å². The molecule has 0 heterocycles. The molecule has 0 spiro atoms. The maximum absolute atomic E-state index is 12.0. The topological polar surface area (TPSA) is 20.2 Å². The normalized spacial score (nSPS) is 12.3. The largest absolute Gasteiger partial charge is 0.446 e. The van der Waals surface area contributed by atoms with E-state index in [1.54, 1.807) is 18.2 Å². The Balaban J connectivity index is 2.79. The molecule has 1 rings (SSSR count). The van der Waals surface area contributed by atoms with Crippen LogP contribution < -0.4 is 0 Å². The van der Waals surface area contributed by atoms with Crippen molar-refractivity contribution in [1.29, 1.82) is 0 Å². The van der Waals surface area contributed by atoms with Crippen LogP contribution in [0.1, 0.15) is 5.56 Å². The Hall–Kier alpha value is -0.940. The van der Waals surface area contributed by atoms with E-state index in [1.165, 1.54) is 18.2 Å². The molecule has 15 heavy (non-hydrogen) atoms. The van der Waals surface area contributed by atoms with Crippen LogP contribution >= 0.6 is 11.8 Å². The molecule has 1 aromatic carbocycles. The zero-order valence-electron chi connectivity index (χ0n) is 7.66. The number of hydrogen-bond donors (Lipinski definition) is 1. The van der Waals surface area contributed by atoms with Gasteiger partial charge in [-0.1, -0.05) is 24.3 Å². The van der Waals surface area contributed by atoms with Crippen LogP contribution in [0, 0.1) is 0 Å². The van der Waals surface area contributed by atoms with E-state index in [0.29, 0.717) is 5.56 Å². The zero-order valence-corrected chi connectivity index (χ0v) is 8.48. The van der Waals surface area contributed by atoms with Crippen LogP contribution in [0.3, 0.4) is 0 Å². The minimum absolute atomic E-state index is 0.128. The van der Waals surface area contributed by atoms with Crippen molar-refractivity contribution in [2.45, 2.75) is 10.4 Å². The van der Waals surface area contributed by atoms with Gasteiger partial charge in [-0.2, -0.15) is 13.2 Å². The minimum atomic E-state index is -4.26. The van der Waals surface area contributed by atoms with E-state index in [1.807, 2.05) is 0 Å². The van der Waals surface area contributed by atoms with Crippen molar-refractivity contribution in [1.82, 2.24) is 0 Å². The average Bonchev–Trinajstić information content (AvgIpc) is 2.12. The molecule has 82 valence electrons. The third-order valence-electron chi connectivity index (χ3n) is 1.51. The molecule has 0 aliphatic rings. The van der Waals surface area contributed by atoms with Crippen molar-refractivity contribution < 1.29 is 18.3 Å². The van der Waals surface area contributed by atoms with Crippen LogP contribution in [0.4, 0.5) is 13.2 Å². The molecule has 0 bridgehead atoms. The first-order chi connectivity index (χ1) is 7.01. The molecule has 0 aliphatic carbocycles. The summed E-state index contributed by atoms with van der Waals surface area (Å²) in [5.41, 5.74) is -3.63. The van der Waals surface area contributed by atoms with Crippen molar-refractivity contribution in [3.63, 3.8) is 0 Å². The van der Waals surface area contributed by atoms with E-state index < -0.39 is 5.51 Å². The molecule has 0 saturated carbocycles. The molecule has 1 nitrogen and oxygen atoms in total. The average molecular weight is 234 g/mol. The first kappa shape index (κ1) is 12.1.